The Morgan fingerprint density at radius 2 is 1.20 bits per heavy atom. The summed E-state index contributed by atoms with van der Waals surface area (Å²) in [5, 5.41) is 15.8. The molecule has 0 radical (unpaired) electrons. The quantitative estimate of drug-likeness (QED) is 0.377. The third-order valence-corrected chi connectivity index (χ3v) is 0.553. The van der Waals surface area contributed by atoms with E-state index >= 15 is 0 Å². The van der Waals surface area contributed by atoms with Gasteiger partial charge >= 0.3 is 49.7 Å². The van der Waals surface area contributed by atoms with Crippen LogP contribution in [0.2, 0.25) is 0 Å². The fraction of sp³-hybridized carbons (Fsp3) is 0.500. The van der Waals surface area contributed by atoms with Gasteiger partial charge in [-0.15, -0.1) is 0 Å². The third kappa shape index (κ3) is 15.7. The maximum atomic E-state index is 9.64. The molecule has 0 rings (SSSR count). The topological polar surface area (TPSA) is 74.6 Å². The zero-order valence-electron chi connectivity index (χ0n) is 8.13. The molecule has 0 aromatic rings. The molecular weight excluding hydrogens is 126 g/mol. The van der Waals surface area contributed by atoms with E-state index < -0.39 is 11.9 Å². The largest absolute Gasteiger partial charge is 1.00 e. The average Bonchev–Trinajstić information content (AvgIpc) is 1.61. The summed E-state index contributed by atoms with van der Waals surface area (Å²) in [6.45, 7) is 0. The van der Waals surface area contributed by atoms with Gasteiger partial charge in [-0.05, 0) is 0 Å². The van der Waals surface area contributed by atoms with Crippen molar-refractivity contribution >= 4 is 11.9 Å². The van der Waals surface area contributed by atoms with Gasteiger partial charge in [-0.3, -0.25) is 9.59 Å². The van der Waals surface area contributed by atoms with Crippen LogP contribution in [0, 0.1) is 0 Å². The van der Waals surface area contributed by atoms with Crippen LogP contribution in [0.1, 0.15) is 15.7 Å². The van der Waals surface area contributed by atoms with Crippen molar-refractivity contribution in [1.29, 1.82) is 0 Å². The first-order valence-electron chi connectivity index (χ1n) is 2.06. The van der Waals surface area contributed by atoms with Crippen LogP contribution in [-0.2, 0) is 9.59 Å². The Morgan fingerprint density at radius 1 is 1.00 bits per heavy atom. The van der Waals surface area contributed by atoms with E-state index in [9.17, 15) is 9.59 Å². The molecule has 0 unspecified atom stereocenters. The van der Waals surface area contributed by atoms with Gasteiger partial charge in [0.05, 0.1) is 12.8 Å². The fourth-order valence-corrected chi connectivity index (χ4v) is 0.214. The summed E-state index contributed by atoms with van der Waals surface area (Å²) < 4.78 is 0. The molecule has 0 spiro atoms. The molecular formula is C4H8Li2O4. The van der Waals surface area contributed by atoms with Gasteiger partial charge in [0.25, 0.3) is 0 Å². The second-order valence-electron chi connectivity index (χ2n) is 1.29. The van der Waals surface area contributed by atoms with E-state index in [1.54, 1.807) is 0 Å². The molecule has 0 heterocycles. The van der Waals surface area contributed by atoms with Crippen LogP contribution in [0.5, 0.6) is 0 Å². The number of carboxylic acid groups (broad SMARTS) is 2. The molecule has 0 saturated carbocycles. The summed E-state index contributed by atoms with van der Waals surface area (Å²) in [7, 11) is 0. The molecule has 0 aliphatic rings. The standard InChI is InChI=1S/C4H6O4.2Li.2H/c5-3(6)1-2-4(7)8;;;;/h1-2H2,(H,5,6)(H,7,8);;;;/q;2*+1;2*-1. The number of carboxylic acids is 2. The summed E-state index contributed by atoms with van der Waals surface area (Å²) in [6, 6.07) is 0. The van der Waals surface area contributed by atoms with Crippen LogP contribution >= 0.6 is 0 Å². The number of rotatable bonds is 3. The van der Waals surface area contributed by atoms with E-state index in [0.29, 0.717) is 0 Å². The molecule has 10 heavy (non-hydrogen) atoms. The second kappa shape index (κ2) is 9.13. The Kier molecular flexibility index (Phi) is 15.2. The Balaban J connectivity index is -0.0000000408. The first kappa shape index (κ1) is 16.6. The molecule has 0 saturated heterocycles. The molecule has 50 valence electrons. The van der Waals surface area contributed by atoms with Gasteiger partial charge in [0.15, 0.2) is 0 Å². The molecule has 2 N–H and O–H groups in total. The van der Waals surface area contributed by atoms with Crippen LogP contribution in [0.4, 0.5) is 0 Å². The van der Waals surface area contributed by atoms with Crippen molar-refractivity contribution in [3.05, 3.63) is 0 Å². The minimum absolute atomic E-state index is 0. The molecule has 0 fully saturated rings. The molecule has 0 aliphatic carbocycles. The van der Waals surface area contributed by atoms with Gasteiger partial charge in [0.1, 0.15) is 0 Å². The predicted octanol–water partition coefficient (Wildman–Crippen LogP) is -5.83. The molecule has 0 atom stereocenters. The second-order valence-corrected chi connectivity index (χ2v) is 1.29. The third-order valence-electron chi connectivity index (χ3n) is 0.553. The molecule has 6 heteroatoms. The van der Waals surface area contributed by atoms with E-state index in [2.05, 4.69) is 0 Å². The predicted molar refractivity (Wildman–Crippen MR) is 26.7 cm³/mol. The van der Waals surface area contributed by atoms with E-state index in [0.717, 1.165) is 0 Å². The van der Waals surface area contributed by atoms with Gasteiger partial charge in [-0.25, -0.2) is 0 Å². The summed E-state index contributed by atoms with van der Waals surface area (Å²) in [6.07, 6.45) is -0.593. The van der Waals surface area contributed by atoms with Gasteiger partial charge in [0, 0.05) is 0 Å². The Labute approximate surface area is 85.3 Å². The van der Waals surface area contributed by atoms with Crippen LogP contribution in [0.25, 0.3) is 0 Å². The number of aliphatic carboxylic acids is 2. The molecule has 0 aliphatic heterocycles. The van der Waals surface area contributed by atoms with Crippen LogP contribution in [-0.4, -0.2) is 22.2 Å². The van der Waals surface area contributed by atoms with Crippen molar-refractivity contribution in [2.45, 2.75) is 12.8 Å². The zero-order valence-corrected chi connectivity index (χ0v) is 6.13. The zero-order chi connectivity index (χ0) is 6.57. The van der Waals surface area contributed by atoms with Crippen molar-refractivity contribution in [3.8, 4) is 0 Å². The van der Waals surface area contributed by atoms with Crippen molar-refractivity contribution in [2.24, 2.45) is 0 Å². The van der Waals surface area contributed by atoms with Gasteiger partial charge in [-0.1, -0.05) is 0 Å². The average molecular weight is 134 g/mol. The molecule has 0 amide bonds. The SMILES string of the molecule is O=C(O)CCC(=O)O.[H-].[H-].[Li+].[Li+]. The minimum Gasteiger partial charge on any atom is -1.00 e. The van der Waals surface area contributed by atoms with Crippen molar-refractivity contribution < 1.29 is 60.4 Å². The Hall–Kier alpha value is 0.135. The van der Waals surface area contributed by atoms with Gasteiger partial charge in [-0.2, -0.15) is 0 Å². The minimum atomic E-state index is -1.08. The van der Waals surface area contributed by atoms with Crippen LogP contribution < -0.4 is 37.7 Å². The Bertz CT molecular complexity index is 108. The van der Waals surface area contributed by atoms with E-state index in [1.807, 2.05) is 0 Å². The maximum Gasteiger partial charge on any atom is 1.00 e. The van der Waals surface area contributed by atoms with Crippen molar-refractivity contribution in [2.75, 3.05) is 0 Å². The fourth-order valence-electron chi connectivity index (χ4n) is 0.214. The number of carbonyl (C=O) groups is 2. The maximum absolute atomic E-state index is 9.64. The summed E-state index contributed by atoms with van der Waals surface area (Å²) in [5.74, 6) is -2.15. The number of hydrogen-bond donors (Lipinski definition) is 2. The number of hydrogen-bond acceptors (Lipinski definition) is 2. The molecule has 0 aromatic heterocycles. The van der Waals surface area contributed by atoms with E-state index in [-0.39, 0.29) is 53.4 Å². The molecule has 4 nitrogen and oxygen atoms in total. The smallest absolute Gasteiger partial charge is 1.00 e. The normalized spacial score (nSPS) is 6.80. The van der Waals surface area contributed by atoms with Crippen LogP contribution in [0.3, 0.4) is 0 Å². The Morgan fingerprint density at radius 3 is 1.30 bits per heavy atom. The first-order valence-corrected chi connectivity index (χ1v) is 2.06. The monoisotopic (exact) mass is 134 g/mol. The van der Waals surface area contributed by atoms with E-state index in [4.69, 9.17) is 10.2 Å². The summed E-state index contributed by atoms with van der Waals surface area (Å²) >= 11 is 0. The molecule has 0 bridgehead atoms. The molecule has 0 aromatic carbocycles. The van der Waals surface area contributed by atoms with Gasteiger partial charge < -0.3 is 13.1 Å². The first-order chi connectivity index (χ1) is 3.63. The summed E-state index contributed by atoms with van der Waals surface area (Å²) in [4.78, 5) is 19.3. The van der Waals surface area contributed by atoms with Crippen LogP contribution in [0.15, 0.2) is 0 Å². The van der Waals surface area contributed by atoms with Gasteiger partial charge in [0.2, 0.25) is 0 Å². The van der Waals surface area contributed by atoms with E-state index in [1.165, 1.54) is 0 Å². The van der Waals surface area contributed by atoms with Crippen molar-refractivity contribution in [3.63, 3.8) is 0 Å². The van der Waals surface area contributed by atoms with Crippen molar-refractivity contribution in [1.82, 2.24) is 0 Å². The summed E-state index contributed by atoms with van der Waals surface area (Å²) in [5.41, 5.74) is 0.